The molecule has 0 bridgehead atoms. The van der Waals surface area contributed by atoms with Crippen LogP contribution in [-0.4, -0.2) is 25.1 Å². The summed E-state index contributed by atoms with van der Waals surface area (Å²) in [5.41, 5.74) is -0.155. The Morgan fingerprint density at radius 2 is 2.33 bits per heavy atom. The molecule has 2 heterocycles. The molecule has 94 valence electrons. The Morgan fingerprint density at radius 3 is 2.89 bits per heavy atom. The number of pyridine rings is 1. The van der Waals surface area contributed by atoms with Gasteiger partial charge < -0.3 is 5.32 Å². The van der Waals surface area contributed by atoms with Crippen LogP contribution in [0.3, 0.4) is 0 Å². The Bertz CT molecular complexity index is 558. The molecule has 0 fully saturated rings. The zero-order chi connectivity index (χ0) is 13.1. The van der Waals surface area contributed by atoms with Gasteiger partial charge in [-0.25, -0.2) is 9.97 Å². The minimum atomic E-state index is -0.553. The number of aromatic amines is 1. The molecule has 2 N–H and O–H groups in total. The van der Waals surface area contributed by atoms with Crippen molar-refractivity contribution in [2.75, 3.05) is 5.32 Å². The van der Waals surface area contributed by atoms with Gasteiger partial charge in [-0.15, -0.1) is 0 Å². The summed E-state index contributed by atoms with van der Waals surface area (Å²) >= 11 is 5.90. The first-order valence-electron chi connectivity index (χ1n) is 4.99. The summed E-state index contributed by atoms with van der Waals surface area (Å²) in [6.45, 7) is 1.83. The van der Waals surface area contributed by atoms with Crippen LogP contribution in [0.15, 0.2) is 18.6 Å². The standard InChI is InChI=1S/C9H9ClN6O2/c1-5(8-12-4-13-15-8)14-9-7(10)2-6(3-11-9)16(17)18/h2-5H,1H3,(H,11,14)(H,12,13,15). The lowest BCUT2D eigenvalue weighted by Crippen LogP contribution is -2.10. The van der Waals surface area contributed by atoms with E-state index in [-0.39, 0.29) is 16.8 Å². The monoisotopic (exact) mass is 268 g/mol. The predicted molar refractivity (Wildman–Crippen MR) is 64.3 cm³/mol. The Hall–Kier alpha value is -2.22. The number of anilines is 1. The van der Waals surface area contributed by atoms with E-state index in [1.54, 1.807) is 0 Å². The van der Waals surface area contributed by atoms with Crippen LogP contribution in [0.25, 0.3) is 0 Å². The quantitative estimate of drug-likeness (QED) is 0.648. The van der Waals surface area contributed by atoms with Crippen molar-refractivity contribution in [3.05, 3.63) is 39.6 Å². The van der Waals surface area contributed by atoms with Crippen molar-refractivity contribution in [1.29, 1.82) is 0 Å². The van der Waals surface area contributed by atoms with Crippen molar-refractivity contribution >= 4 is 23.1 Å². The number of H-pyrrole nitrogens is 1. The largest absolute Gasteiger partial charge is 0.359 e. The predicted octanol–water partition coefficient (Wildman–Crippen LogP) is 1.93. The Kier molecular flexibility index (Phi) is 3.38. The molecule has 2 aromatic rings. The van der Waals surface area contributed by atoms with Gasteiger partial charge in [-0.2, -0.15) is 5.10 Å². The third kappa shape index (κ3) is 2.54. The molecule has 8 nitrogen and oxygen atoms in total. The van der Waals surface area contributed by atoms with Gasteiger partial charge in [0.2, 0.25) is 0 Å². The van der Waals surface area contributed by atoms with Crippen LogP contribution in [0.2, 0.25) is 5.02 Å². The molecule has 2 aromatic heterocycles. The highest BCUT2D eigenvalue weighted by Gasteiger charge is 2.14. The average molecular weight is 269 g/mol. The van der Waals surface area contributed by atoms with Crippen LogP contribution in [0.4, 0.5) is 11.5 Å². The zero-order valence-corrected chi connectivity index (χ0v) is 10.0. The number of nitro groups is 1. The fourth-order valence-corrected chi connectivity index (χ4v) is 1.55. The maximum atomic E-state index is 10.5. The number of aromatic nitrogens is 4. The number of hydrogen-bond donors (Lipinski definition) is 2. The summed E-state index contributed by atoms with van der Waals surface area (Å²) in [5, 5.41) is 20.1. The van der Waals surface area contributed by atoms with Crippen LogP contribution in [0, 0.1) is 10.1 Å². The van der Waals surface area contributed by atoms with E-state index in [1.165, 1.54) is 12.4 Å². The van der Waals surface area contributed by atoms with Crippen molar-refractivity contribution in [1.82, 2.24) is 20.2 Å². The van der Waals surface area contributed by atoms with Gasteiger partial charge >= 0.3 is 0 Å². The number of halogens is 1. The fourth-order valence-electron chi connectivity index (χ4n) is 1.33. The fraction of sp³-hybridized carbons (Fsp3) is 0.222. The molecule has 9 heteroatoms. The molecular formula is C9H9ClN6O2. The molecule has 2 rings (SSSR count). The highest BCUT2D eigenvalue weighted by Crippen LogP contribution is 2.26. The van der Waals surface area contributed by atoms with Crippen molar-refractivity contribution in [2.24, 2.45) is 0 Å². The second-order valence-corrected chi connectivity index (χ2v) is 3.92. The van der Waals surface area contributed by atoms with Crippen molar-refractivity contribution in [3.8, 4) is 0 Å². The molecule has 1 unspecified atom stereocenters. The first-order chi connectivity index (χ1) is 8.58. The van der Waals surface area contributed by atoms with E-state index in [0.29, 0.717) is 11.6 Å². The molecule has 18 heavy (non-hydrogen) atoms. The molecule has 0 spiro atoms. The van der Waals surface area contributed by atoms with Crippen molar-refractivity contribution in [2.45, 2.75) is 13.0 Å². The highest BCUT2D eigenvalue weighted by molar-refractivity contribution is 6.33. The van der Waals surface area contributed by atoms with Gasteiger partial charge in [0.25, 0.3) is 5.69 Å². The lowest BCUT2D eigenvalue weighted by atomic mass is 10.3. The van der Waals surface area contributed by atoms with Crippen LogP contribution >= 0.6 is 11.6 Å². The lowest BCUT2D eigenvalue weighted by molar-refractivity contribution is -0.385. The molecule has 0 saturated carbocycles. The normalized spacial score (nSPS) is 12.1. The van der Waals surface area contributed by atoms with E-state index in [9.17, 15) is 10.1 Å². The smallest absolute Gasteiger partial charge is 0.289 e. The van der Waals surface area contributed by atoms with E-state index in [4.69, 9.17) is 11.6 Å². The van der Waals surface area contributed by atoms with E-state index in [0.717, 1.165) is 6.20 Å². The van der Waals surface area contributed by atoms with Gasteiger partial charge in [0.05, 0.1) is 16.0 Å². The van der Waals surface area contributed by atoms with Crippen LogP contribution in [0.5, 0.6) is 0 Å². The van der Waals surface area contributed by atoms with Gasteiger partial charge in [0.1, 0.15) is 24.2 Å². The van der Waals surface area contributed by atoms with Gasteiger partial charge in [-0.3, -0.25) is 15.2 Å². The van der Waals surface area contributed by atoms with E-state index in [1.807, 2.05) is 6.92 Å². The molecular weight excluding hydrogens is 260 g/mol. The number of nitrogens with zero attached hydrogens (tertiary/aromatic N) is 4. The van der Waals surface area contributed by atoms with Crippen molar-refractivity contribution < 1.29 is 4.92 Å². The average Bonchev–Trinajstić information content (AvgIpc) is 2.85. The second kappa shape index (κ2) is 4.96. The summed E-state index contributed by atoms with van der Waals surface area (Å²) in [6.07, 6.45) is 2.53. The molecule has 0 aromatic carbocycles. The van der Waals surface area contributed by atoms with Gasteiger partial charge in [0.15, 0.2) is 0 Å². The Morgan fingerprint density at radius 1 is 1.56 bits per heavy atom. The molecule has 0 saturated heterocycles. The van der Waals surface area contributed by atoms with Crippen LogP contribution in [-0.2, 0) is 0 Å². The summed E-state index contributed by atoms with van der Waals surface area (Å²) in [5.74, 6) is 0.970. The van der Waals surface area contributed by atoms with Crippen molar-refractivity contribution in [3.63, 3.8) is 0 Å². The number of hydrogen-bond acceptors (Lipinski definition) is 6. The third-order valence-corrected chi connectivity index (χ3v) is 2.52. The summed E-state index contributed by atoms with van der Waals surface area (Å²) < 4.78 is 0. The number of rotatable bonds is 4. The van der Waals surface area contributed by atoms with Gasteiger partial charge in [-0.05, 0) is 6.92 Å². The van der Waals surface area contributed by atoms with E-state index < -0.39 is 4.92 Å². The minimum absolute atomic E-state index is 0.155. The summed E-state index contributed by atoms with van der Waals surface area (Å²) in [7, 11) is 0. The zero-order valence-electron chi connectivity index (χ0n) is 9.29. The SMILES string of the molecule is CC(Nc1ncc([N+](=O)[O-])cc1Cl)c1ncn[nH]1. The van der Waals surface area contributed by atoms with Gasteiger partial charge in [0, 0.05) is 6.07 Å². The molecule has 0 radical (unpaired) electrons. The third-order valence-electron chi connectivity index (χ3n) is 2.23. The van der Waals surface area contributed by atoms with Gasteiger partial charge in [-0.1, -0.05) is 11.6 Å². The summed E-state index contributed by atoms with van der Waals surface area (Å²) in [4.78, 5) is 17.9. The molecule has 0 aliphatic heterocycles. The minimum Gasteiger partial charge on any atom is -0.359 e. The Balaban J connectivity index is 2.17. The number of nitrogens with one attached hydrogen (secondary N) is 2. The Labute approximate surface area is 107 Å². The van der Waals surface area contributed by atoms with Crippen LogP contribution in [0.1, 0.15) is 18.8 Å². The van der Waals surface area contributed by atoms with E-state index >= 15 is 0 Å². The topological polar surface area (TPSA) is 110 Å². The molecule has 0 amide bonds. The second-order valence-electron chi connectivity index (χ2n) is 3.52. The highest BCUT2D eigenvalue weighted by atomic mass is 35.5. The first kappa shape index (κ1) is 12.2. The lowest BCUT2D eigenvalue weighted by Gasteiger charge is -2.12. The first-order valence-corrected chi connectivity index (χ1v) is 5.37. The maximum absolute atomic E-state index is 10.5. The van der Waals surface area contributed by atoms with Crippen LogP contribution < -0.4 is 5.32 Å². The molecule has 1 atom stereocenters. The van der Waals surface area contributed by atoms with E-state index in [2.05, 4.69) is 25.5 Å². The molecule has 0 aliphatic rings. The maximum Gasteiger partial charge on any atom is 0.289 e. The summed E-state index contributed by atoms with van der Waals surface area (Å²) in [6, 6.07) is 1.04. The molecule has 0 aliphatic carbocycles.